The molecule has 114 valence electrons. The first-order valence-electron chi connectivity index (χ1n) is 8.17. The van der Waals surface area contributed by atoms with Gasteiger partial charge in [-0.25, -0.2) is 0 Å². The average Bonchev–Trinajstić information content (AvgIpc) is 2.57. The van der Waals surface area contributed by atoms with E-state index in [1.165, 1.54) is 29.9 Å². The van der Waals surface area contributed by atoms with E-state index in [2.05, 4.69) is 78.6 Å². The Bertz CT molecular complexity index is 596. The van der Waals surface area contributed by atoms with E-state index in [0.29, 0.717) is 0 Å². The molecule has 1 aliphatic heterocycles. The van der Waals surface area contributed by atoms with E-state index in [4.69, 9.17) is 0 Å². The van der Waals surface area contributed by atoms with Crippen molar-refractivity contribution in [3.63, 3.8) is 0 Å². The van der Waals surface area contributed by atoms with E-state index >= 15 is 0 Å². The number of nitrogens with one attached hydrogen (secondary N) is 1. The monoisotopic (exact) mass is 293 g/mol. The van der Waals surface area contributed by atoms with Gasteiger partial charge in [0.25, 0.3) is 0 Å². The van der Waals surface area contributed by atoms with Gasteiger partial charge in [0.05, 0.1) is 32.7 Å². The number of anilines is 1. The Kier molecular flexibility index (Phi) is 4.92. The number of nitrogens with zero attached hydrogens (tertiary/aromatic N) is 1. The van der Waals surface area contributed by atoms with Crippen molar-refractivity contribution >= 4 is 11.8 Å². The van der Waals surface area contributed by atoms with E-state index in [9.17, 15) is 0 Å². The van der Waals surface area contributed by atoms with Crippen LogP contribution in [0.3, 0.4) is 0 Å². The van der Waals surface area contributed by atoms with Crippen LogP contribution in [0, 0.1) is 0 Å². The van der Waals surface area contributed by atoms with Gasteiger partial charge in [-0.15, -0.1) is 0 Å². The molecule has 0 radical (unpaired) electrons. The molecule has 1 aliphatic rings. The summed E-state index contributed by atoms with van der Waals surface area (Å²) in [5.41, 5.74) is 4.13. The Morgan fingerprint density at radius 1 is 0.955 bits per heavy atom. The number of piperazine rings is 1. The molecule has 1 saturated heterocycles. The molecule has 2 nitrogen and oxygen atoms in total. The van der Waals surface area contributed by atoms with Crippen LogP contribution in [0.2, 0.25) is 0 Å². The van der Waals surface area contributed by atoms with Crippen molar-refractivity contribution in [2.45, 2.75) is 6.92 Å². The van der Waals surface area contributed by atoms with Crippen LogP contribution < -0.4 is 9.80 Å². The molecule has 0 unspecified atom stereocenters. The van der Waals surface area contributed by atoms with E-state index in [0.717, 1.165) is 19.6 Å². The fourth-order valence-corrected chi connectivity index (χ4v) is 3.18. The van der Waals surface area contributed by atoms with Crippen LogP contribution in [0.5, 0.6) is 0 Å². The molecule has 0 amide bonds. The zero-order chi connectivity index (χ0) is 15.2. The minimum absolute atomic E-state index is 1.15. The van der Waals surface area contributed by atoms with Gasteiger partial charge in [0, 0.05) is 5.69 Å². The smallest absolute Gasteiger partial charge is 0.0989 e. The first-order valence-corrected chi connectivity index (χ1v) is 8.17. The lowest BCUT2D eigenvalue weighted by atomic mass is 10.1. The van der Waals surface area contributed by atoms with Crippen molar-refractivity contribution in [2.24, 2.45) is 0 Å². The van der Waals surface area contributed by atoms with Crippen LogP contribution in [0.25, 0.3) is 6.08 Å². The molecule has 22 heavy (non-hydrogen) atoms. The predicted molar refractivity (Wildman–Crippen MR) is 94.3 cm³/mol. The predicted octanol–water partition coefficient (Wildman–Crippen LogP) is 2.50. The molecule has 2 aromatic rings. The first kappa shape index (κ1) is 14.9. The summed E-state index contributed by atoms with van der Waals surface area (Å²) in [6.07, 6.45) is 2.32. The summed E-state index contributed by atoms with van der Waals surface area (Å²) in [6.45, 7) is 8.14. The average molecular weight is 293 g/mol. The Morgan fingerprint density at radius 2 is 1.55 bits per heavy atom. The van der Waals surface area contributed by atoms with Crippen molar-refractivity contribution in [3.8, 4) is 0 Å². The fourth-order valence-electron chi connectivity index (χ4n) is 3.18. The highest BCUT2D eigenvalue weighted by Crippen LogP contribution is 2.12. The van der Waals surface area contributed by atoms with Crippen LogP contribution in [-0.4, -0.2) is 32.7 Å². The third-order valence-corrected chi connectivity index (χ3v) is 4.33. The molecule has 0 aliphatic carbocycles. The Morgan fingerprint density at radius 3 is 2.18 bits per heavy atom. The lowest BCUT2D eigenvalue weighted by Gasteiger charge is -2.33. The van der Waals surface area contributed by atoms with Gasteiger partial charge in [0.1, 0.15) is 0 Å². The quantitative estimate of drug-likeness (QED) is 0.910. The molecule has 3 rings (SSSR count). The summed E-state index contributed by atoms with van der Waals surface area (Å²) in [5, 5.41) is 0. The third kappa shape index (κ3) is 3.99. The van der Waals surface area contributed by atoms with Crippen LogP contribution in [0.1, 0.15) is 12.5 Å². The second kappa shape index (κ2) is 7.28. The first-order chi connectivity index (χ1) is 10.8. The topological polar surface area (TPSA) is 7.68 Å². The van der Waals surface area contributed by atoms with Gasteiger partial charge in [-0.1, -0.05) is 54.6 Å². The van der Waals surface area contributed by atoms with Crippen molar-refractivity contribution < 1.29 is 4.90 Å². The number of rotatable bonds is 4. The molecular formula is C20H25N2+. The zero-order valence-electron chi connectivity index (χ0n) is 13.3. The number of hydrogen-bond donors (Lipinski definition) is 1. The molecule has 1 N–H and O–H groups in total. The van der Waals surface area contributed by atoms with Gasteiger partial charge >= 0.3 is 0 Å². The summed E-state index contributed by atoms with van der Waals surface area (Å²) in [7, 11) is 0. The van der Waals surface area contributed by atoms with Gasteiger partial charge in [0.15, 0.2) is 0 Å². The lowest BCUT2D eigenvalue weighted by Crippen LogP contribution is -3.15. The van der Waals surface area contributed by atoms with Crippen LogP contribution in [0.4, 0.5) is 5.69 Å². The summed E-state index contributed by atoms with van der Waals surface area (Å²) in [6, 6.07) is 21.4. The highest BCUT2D eigenvalue weighted by molar-refractivity contribution is 5.52. The Balaban J connectivity index is 1.53. The number of hydrogen-bond acceptors (Lipinski definition) is 1. The van der Waals surface area contributed by atoms with E-state index in [1.807, 2.05) is 0 Å². The minimum Gasteiger partial charge on any atom is -0.360 e. The van der Waals surface area contributed by atoms with Crippen molar-refractivity contribution in [1.82, 2.24) is 0 Å². The second-order valence-corrected chi connectivity index (χ2v) is 6.15. The van der Waals surface area contributed by atoms with Crippen molar-refractivity contribution in [1.29, 1.82) is 0 Å². The molecule has 1 heterocycles. The lowest BCUT2D eigenvalue weighted by molar-refractivity contribution is -0.895. The summed E-state index contributed by atoms with van der Waals surface area (Å²) < 4.78 is 0. The molecule has 0 spiro atoms. The van der Waals surface area contributed by atoms with Crippen LogP contribution in [0.15, 0.2) is 66.2 Å². The highest BCUT2D eigenvalue weighted by Gasteiger charge is 2.19. The van der Waals surface area contributed by atoms with Crippen LogP contribution in [-0.2, 0) is 0 Å². The standard InChI is InChI=1S/C20H24N2/c1-18(16-19-8-4-2-5-9-19)17-21-12-14-22(15-13-21)20-10-6-3-7-11-20/h2-11,16H,12-15,17H2,1H3/p+1/b18-16-. The molecule has 0 bridgehead atoms. The Labute approximate surface area is 133 Å². The highest BCUT2D eigenvalue weighted by atomic mass is 15.3. The summed E-state index contributed by atoms with van der Waals surface area (Å²) in [4.78, 5) is 4.19. The molecule has 1 fully saturated rings. The normalized spacial score (nSPS) is 16.8. The van der Waals surface area contributed by atoms with E-state index in [-0.39, 0.29) is 0 Å². The maximum absolute atomic E-state index is 2.50. The molecule has 0 atom stereocenters. The third-order valence-electron chi connectivity index (χ3n) is 4.33. The SMILES string of the molecule is C/C(=C/c1ccccc1)C[NH+]1CCN(c2ccccc2)CC1. The second-order valence-electron chi connectivity index (χ2n) is 6.15. The fraction of sp³-hybridized carbons (Fsp3) is 0.300. The van der Waals surface area contributed by atoms with E-state index < -0.39 is 0 Å². The molecule has 0 aromatic heterocycles. The molecular weight excluding hydrogens is 268 g/mol. The summed E-state index contributed by atoms with van der Waals surface area (Å²) >= 11 is 0. The number of para-hydroxylation sites is 1. The molecule has 2 heteroatoms. The summed E-state index contributed by atoms with van der Waals surface area (Å²) in [5.74, 6) is 0. The Hall–Kier alpha value is -2.06. The molecule has 2 aromatic carbocycles. The van der Waals surface area contributed by atoms with Gasteiger partial charge in [-0.05, 0) is 30.2 Å². The maximum Gasteiger partial charge on any atom is 0.0989 e. The van der Waals surface area contributed by atoms with Gasteiger partial charge < -0.3 is 9.80 Å². The largest absolute Gasteiger partial charge is 0.360 e. The molecule has 0 saturated carbocycles. The van der Waals surface area contributed by atoms with E-state index in [1.54, 1.807) is 4.90 Å². The van der Waals surface area contributed by atoms with Gasteiger partial charge in [-0.2, -0.15) is 0 Å². The maximum atomic E-state index is 2.50. The minimum atomic E-state index is 1.15. The number of quaternary nitrogens is 1. The van der Waals surface area contributed by atoms with Crippen molar-refractivity contribution in [2.75, 3.05) is 37.6 Å². The zero-order valence-corrected chi connectivity index (χ0v) is 13.3. The van der Waals surface area contributed by atoms with Gasteiger partial charge in [0.2, 0.25) is 0 Å². The van der Waals surface area contributed by atoms with Crippen LogP contribution >= 0.6 is 0 Å². The number of benzene rings is 2. The van der Waals surface area contributed by atoms with Gasteiger partial charge in [-0.3, -0.25) is 0 Å². The van der Waals surface area contributed by atoms with Crippen molar-refractivity contribution in [3.05, 3.63) is 71.8 Å².